The van der Waals surface area contributed by atoms with Gasteiger partial charge in [-0.25, -0.2) is 9.78 Å². The Hall–Kier alpha value is -2.41. The maximum Gasteiger partial charge on any atom is 0.327 e. The number of halogens is 3. The van der Waals surface area contributed by atoms with Gasteiger partial charge >= 0.3 is 6.03 Å². The highest BCUT2D eigenvalue weighted by atomic mass is 79.9. The summed E-state index contributed by atoms with van der Waals surface area (Å²) < 4.78 is 0.587. The van der Waals surface area contributed by atoms with Crippen LogP contribution in [0.1, 0.15) is 10.4 Å². The molecule has 2 N–H and O–H groups in total. The van der Waals surface area contributed by atoms with Crippen LogP contribution in [0.3, 0.4) is 0 Å². The third-order valence-corrected chi connectivity index (χ3v) is 4.82. The highest BCUT2D eigenvalue weighted by Gasteiger charge is 2.14. The minimum atomic E-state index is -0.710. The summed E-state index contributed by atoms with van der Waals surface area (Å²) in [4.78, 5) is 28.3. The SMILES string of the molecule is O=C(NC(=O)c1ccccc1Br)Nc1ccc(-c2ccc(Cl)cc2)c(Cl)n1. The number of carbonyl (C=O) groups excluding carboxylic acids is 2. The lowest BCUT2D eigenvalue weighted by atomic mass is 10.1. The highest BCUT2D eigenvalue weighted by molar-refractivity contribution is 9.10. The van der Waals surface area contributed by atoms with Gasteiger partial charge in [0, 0.05) is 15.1 Å². The lowest BCUT2D eigenvalue weighted by Crippen LogP contribution is -2.34. The van der Waals surface area contributed by atoms with Crippen LogP contribution in [0.25, 0.3) is 11.1 Å². The maximum atomic E-state index is 12.1. The molecule has 0 saturated carbocycles. The van der Waals surface area contributed by atoms with Crippen molar-refractivity contribution in [2.45, 2.75) is 0 Å². The number of hydrogen-bond acceptors (Lipinski definition) is 3. The number of carbonyl (C=O) groups is 2. The molecule has 3 amide bonds. The number of urea groups is 1. The quantitative estimate of drug-likeness (QED) is 0.482. The van der Waals surface area contributed by atoms with Gasteiger partial charge < -0.3 is 0 Å². The van der Waals surface area contributed by atoms with Crippen molar-refractivity contribution in [2.24, 2.45) is 0 Å². The first kappa shape index (κ1) is 19.4. The Labute approximate surface area is 173 Å². The summed E-state index contributed by atoms with van der Waals surface area (Å²) in [5.74, 6) is -0.320. The first-order valence-electron chi connectivity index (χ1n) is 7.73. The van der Waals surface area contributed by atoms with Crippen LogP contribution in [0.15, 0.2) is 65.1 Å². The second kappa shape index (κ2) is 8.52. The van der Waals surface area contributed by atoms with Gasteiger partial charge in [0.25, 0.3) is 5.91 Å². The fourth-order valence-electron chi connectivity index (χ4n) is 2.31. The molecule has 0 saturated heterocycles. The number of amides is 3. The van der Waals surface area contributed by atoms with Gasteiger partial charge in [0.15, 0.2) is 0 Å². The first-order chi connectivity index (χ1) is 12.9. The van der Waals surface area contributed by atoms with Gasteiger partial charge in [0.05, 0.1) is 5.56 Å². The van der Waals surface area contributed by atoms with E-state index in [1.54, 1.807) is 48.5 Å². The second-order valence-electron chi connectivity index (χ2n) is 5.43. The van der Waals surface area contributed by atoms with Crippen LogP contribution in [-0.4, -0.2) is 16.9 Å². The topological polar surface area (TPSA) is 71.1 Å². The van der Waals surface area contributed by atoms with Gasteiger partial charge in [-0.05, 0) is 57.9 Å². The zero-order chi connectivity index (χ0) is 19.4. The third-order valence-electron chi connectivity index (χ3n) is 3.59. The lowest BCUT2D eigenvalue weighted by Gasteiger charge is -2.09. The van der Waals surface area contributed by atoms with E-state index in [-0.39, 0.29) is 11.0 Å². The molecule has 0 aliphatic rings. The Kier molecular flexibility index (Phi) is 6.11. The molecule has 8 heteroatoms. The van der Waals surface area contributed by atoms with Gasteiger partial charge in [-0.2, -0.15) is 0 Å². The molecule has 0 atom stereocenters. The van der Waals surface area contributed by atoms with Crippen molar-refractivity contribution in [3.63, 3.8) is 0 Å². The molecule has 0 radical (unpaired) electrons. The van der Waals surface area contributed by atoms with E-state index in [2.05, 4.69) is 31.5 Å². The second-order valence-corrected chi connectivity index (χ2v) is 7.08. The van der Waals surface area contributed by atoms with E-state index in [4.69, 9.17) is 23.2 Å². The molecule has 0 fully saturated rings. The molecule has 0 unspecified atom stereocenters. The zero-order valence-corrected chi connectivity index (χ0v) is 16.8. The van der Waals surface area contributed by atoms with Crippen molar-refractivity contribution < 1.29 is 9.59 Å². The minimum Gasteiger partial charge on any atom is -0.292 e. The van der Waals surface area contributed by atoms with Gasteiger partial charge in [-0.1, -0.05) is 47.5 Å². The smallest absolute Gasteiger partial charge is 0.292 e. The van der Waals surface area contributed by atoms with Crippen LogP contribution in [-0.2, 0) is 0 Å². The van der Waals surface area contributed by atoms with E-state index < -0.39 is 11.9 Å². The van der Waals surface area contributed by atoms with Crippen molar-refractivity contribution in [1.29, 1.82) is 0 Å². The summed E-state index contributed by atoms with van der Waals surface area (Å²) in [6.45, 7) is 0. The minimum absolute atomic E-state index is 0.215. The molecule has 0 bridgehead atoms. The van der Waals surface area contributed by atoms with Crippen LogP contribution in [0, 0.1) is 0 Å². The normalized spacial score (nSPS) is 10.3. The number of nitrogens with zero attached hydrogens (tertiary/aromatic N) is 1. The summed E-state index contributed by atoms with van der Waals surface area (Å²) in [6, 6.07) is 16.5. The monoisotopic (exact) mass is 463 g/mol. The number of nitrogens with one attached hydrogen (secondary N) is 2. The molecule has 3 aromatic rings. The summed E-state index contributed by atoms with van der Waals surface area (Å²) in [5, 5.41) is 5.56. The molecule has 3 rings (SSSR count). The highest BCUT2D eigenvalue weighted by Crippen LogP contribution is 2.28. The third kappa shape index (κ3) is 4.86. The molecular formula is C19H12BrCl2N3O2. The molecular weight excluding hydrogens is 453 g/mol. The fraction of sp³-hybridized carbons (Fsp3) is 0. The fourth-order valence-corrected chi connectivity index (χ4v) is 3.17. The summed E-state index contributed by atoms with van der Waals surface area (Å²) in [7, 11) is 0. The van der Waals surface area contributed by atoms with Crippen molar-refractivity contribution in [2.75, 3.05) is 5.32 Å². The lowest BCUT2D eigenvalue weighted by molar-refractivity contribution is 0.0966. The van der Waals surface area contributed by atoms with Crippen LogP contribution < -0.4 is 10.6 Å². The van der Waals surface area contributed by atoms with Crippen molar-refractivity contribution >= 4 is 56.9 Å². The molecule has 5 nitrogen and oxygen atoms in total. The maximum absolute atomic E-state index is 12.1. The first-order valence-corrected chi connectivity index (χ1v) is 9.28. The molecule has 136 valence electrons. The van der Waals surface area contributed by atoms with Gasteiger partial charge in [0.1, 0.15) is 11.0 Å². The molecule has 27 heavy (non-hydrogen) atoms. The molecule has 2 aromatic carbocycles. The van der Waals surface area contributed by atoms with E-state index >= 15 is 0 Å². The number of aromatic nitrogens is 1. The number of hydrogen-bond donors (Lipinski definition) is 2. The zero-order valence-electron chi connectivity index (χ0n) is 13.7. The van der Waals surface area contributed by atoms with Crippen LogP contribution in [0.5, 0.6) is 0 Å². The average molecular weight is 465 g/mol. The van der Waals surface area contributed by atoms with Gasteiger partial charge in [0.2, 0.25) is 0 Å². The summed E-state index contributed by atoms with van der Waals surface area (Å²) in [6.07, 6.45) is 0. The molecule has 0 spiro atoms. The Morgan fingerprint density at radius 3 is 2.30 bits per heavy atom. The van der Waals surface area contributed by atoms with Gasteiger partial charge in [-0.3, -0.25) is 15.4 Å². The molecule has 0 aliphatic carbocycles. The number of benzene rings is 2. The van der Waals surface area contributed by atoms with Crippen molar-refractivity contribution in [3.05, 3.63) is 80.9 Å². The number of rotatable bonds is 3. The number of anilines is 1. The molecule has 1 heterocycles. The van der Waals surface area contributed by atoms with Crippen molar-refractivity contribution in [1.82, 2.24) is 10.3 Å². The van der Waals surface area contributed by atoms with Gasteiger partial charge in [-0.15, -0.1) is 0 Å². The average Bonchev–Trinajstić information content (AvgIpc) is 2.63. The molecule has 1 aromatic heterocycles. The van der Waals surface area contributed by atoms with Crippen LogP contribution in [0.4, 0.5) is 10.6 Å². The summed E-state index contributed by atoms with van der Waals surface area (Å²) >= 11 is 15.4. The Morgan fingerprint density at radius 2 is 1.63 bits per heavy atom. The Morgan fingerprint density at radius 1 is 0.926 bits per heavy atom. The van der Waals surface area contributed by atoms with Crippen LogP contribution >= 0.6 is 39.1 Å². The Bertz CT molecular complexity index is 1010. The number of imide groups is 1. The van der Waals surface area contributed by atoms with E-state index in [0.29, 0.717) is 20.6 Å². The Balaban J connectivity index is 1.69. The van der Waals surface area contributed by atoms with E-state index in [9.17, 15) is 9.59 Å². The van der Waals surface area contributed by atoms with E-state index in [1.807, 2.05) is 12.1 Å². The predicted octanol–water partition coefficient (Wildman–Crippen LogP) is 5.78. The van der Waals surface area contributed by atoms with E-state index in [1.165, 1.54) is 0 Å². The van der Waals surface area contributed by atoms with Crippen LogP contribution in [0.2, 0.25) is 10.2 Å². The summed E-state index contributed by atoms with van der Waals surface area (Å²) in [5.41, 5.74) is 1.89. The predicted molar refractivity (Wildman–Crippen MR) is 110 cm³/mol. The standard InChI is InChI=1S/C19H12BrCl2N3O2/c20-15-4-2-1-3-14(15)18(26)25-19(27)24-16-10-9-13(17(22)23-16)11-5-7-12(21)8-6-11/h1-10H,(H2,23,24,25,26,27). The molecule has 0 aliphatic heterocycles. The largest absolute Gasteiger partial charge is 0.327 e. The van der Waals surface area contributed by atoms with Crippen molar-refractivity contribution in [3.8, 4) is 11.1 Å². The van der Waals surface area contributed by atoms with E-state index in [0.717, 1.165) is 5.56 Å². The number of pyridine rings is 1.